The van der Waals surface area contributed by atoms with E-state index in [1.165, 1.54) is 5.56 Å². The van der Waals surface area contributed by atoms with E-state index in [0.29, 0.717) is 5.92 Å². The van der Waals surface area contributed by atoms with E-state index in [4.69, 9.17) is 5.11 Å². The van der Waals surface area contributed by atoms with Crippen LogP contribution in [0.3, 0.4) is 0 Å². The van der Waals surface area contributed by atoms with Crippen molar-refractivity contribution in [1.29, 1.82) is 0 Å². The zero-order valence-electron chi connectivity index (χ0n) is 13.2. The number of aliphatic carboxylic acids is 1. The summed E-state index contributed by atoms with van der Waals surface area (Å²) in [6, 6.07) is 6.20. The monoisotopic (exact) mass is 301 g/mol. The quantitative estimate of drug-likeness (QED) is 0.910. The number of hydrogen-bond donors (Lipinski definition) is 2. The van der Waals surface area contributed by atoms with Gasteiger partial charge in [-0.1, -0.05) is 6.07 Å². The topological polar surface area (TPSA) is 69.2 Å². The van der Waals surface area contributed by atoms with Gasteiger partial charge in [0.2, 0.25) is 0 Å². The van der Waals surface area contributed by atoms with Crippen LogP contribution in [0.25, 0.3) is 11.0 Å². The Bertz CT molecular complexity index is 680. The maximum absolute atomic E-state index is 11.1. The van der Waals surface area contributed by atoms with Gasteiger partial charge in [-0.15, -0.1) is 0 Å². The van der Waals surface area contributed by atoms with Crippen LogP contribution in [-0.2, 0) is 11.2 Å². The lowest BCUT2D eigenvalue weighted by molar-refractivity contribution is -0.139. The number of nitrogens with one attached hydrogen (secondary N) is 1. The molecule has 0 radical (unpaired) electrons. The number of aromatic amines is 1. The van der Waals surface area contributed by atoms with Crippen LogP contribution in [0.4, 0.5) is 0 Å². The van der Waals surface area contributed by atoms with Gasteiger partial charge in [0, 0.05) is 19.4 Å². The summed E-state index contributed by atoms with van der Waals surface area (Å²) in [6.45, 7) is 3.99. The molecule has 1 aliphatic rings. The minimum absolute atomic E-state index is 0.239. The number of rotatable bonds is 4. The molecule has 1 saturated heterocycles. The fraction of sp³-hybridized carbons (Fsp3) is 0.529. The van der Waals surface area contributed by atoms with Gasteiger partial charge in [0.1, 0.15) is 5.82 Å². The molecule has 1 fully saturated rings. The Balaban J connectivity index is 1.79. The van der Waals surface area contributed by atoms with Crippen molar-refractivity contribution in [2.45, 2.75) is 26.2 Å². The molecule has 5 heteroatoms. The van der Waals surface area contributed by atoms with E-state index in [9.17, 15) is 4.79 Å². The fourth-order valence-corrected chi connectivity index (χ4v) is 3.51. The van der Waals surface area contributed by atoms with Gasteiger partial charge in [-0.2, -0.15) is 0 Å². The van der Waals surface area contributed by atoms with Crippen LogP contribution >= 0.6 is 0 Å². The second-order valence-electron chi connectivity index (χ2n) is 6.58. The molecule has 0 saturated carbocycles. The molecule has 1 aliphatic heterocycles. The fourth-order valence-electron chi connectivity index (χ4n) is 3.51. The van der Waals surface area contributed by atoms with Crippen molar-refractivity contribution in [3.8, 4) is 0 Å². The van der Waals surface area contributed by atoms with Crippen molar-refractivity contribution in [3.05, 3.63) is 29.6 Å². The lowest BCUT2D eigenvalue weighted by Crippen LogP contribution is -2.40. The number of imidazole rings is 1. The van der Waals surface area contributed by atoms with Gasteiger partial charge in [-0.05, 0) is 56.5 Å². The highest BCUT2D eigenvalue weighted by molar-refractivity contribution is 5.75. The summed E-state index contributed by atoms with van der Waals surface area (Å²) < 4.78 is 0. The lowest BCUT2D eigenvalue weighted by atomic mass is 9.81. The van der Waals surface area contributed by atoms with Crippen molar-refractivity contribution in [1.82, 2.24) is 14.9 Å². The van der Waals surface area contributed by atoms with Crippen molar-refractivity contribution < 1.29 is 9.90 Å². The number of carboxylic acid groups (broad SMARTS) is 1. The molecule has 3 rings (SSSR count). The molecule has 0 aliphatic carbocycles. The van der Waals surface area contributed by atoms with Gasteiger partial charge in [-0.3, -0.25) is 4.79 Å². The van der Waals surface area contributed by atoms with E-state index in [1.54, 1.807) is 0 Å². The summed E-state index contributed by atoms with van der Waals surface area (Å²) >= 11 is 0. The third-order valence-corrected chi connectivity index (χ3v) is 4.67. The van der Waals surface area contributed by atoms with Crippen LogP contribution in [-0.4, -0.2) is 46.1 Å². The standard InChI is InChI=1S/C17H23N3O2/c1-11-3-4-14-15(7-11)19-16(18-14)8-13-10-20(2)6-5-12(13)9-17(21)22/h3-4,7,12-13H,5-6,8-10H2,1-2H3,(H,18,19)(H,21,22)/t12-,13-/m0/s1. The Morgan fingerprint density at radius 1 is 1.45 bits per heavy atom. The van der Waals surface area contributed by atoms with Crippen LogP contribution < -0.4 is 0 Å². The Hall–Kier alpha value is -1.88. The lowest BCUT2D eigenvalue weighted by Gasteiger charge is -2.35. The molecule has 1 aromatic carbocycles. The first-order chi connectivity index (χ1) is 10.5. The average Bonchev–Trinajstić information content (AvgIpc) is 2.83. The van der Waals surface area contributed by atoms with Gasteiger partial charge in [0.15, 0.2) is 0 Å². The molecular weight excluding hydrogens is 278 g/mol. The summed E-state index contributed by atoms with van der Waals surface area (Å²) in [5.41, 5.74) is 3.26. The Kier molecular flexibility index (Phi) is 4.16. The Morgan fingerprint density at radius 3 is 3.05 bits per heavy atom. The molecule has 0 amide bonds. The molecule has 5 nitrogen and oxygen atoms in total. The first-order valence-electron chi connectivity index (χ1n) is 7.87. The van der Waals surface area contributed by atoms with Crippen LogP contribution in [0.2, 0.25) is 0 Å². The van der Waals surface area contributed by atoms with Gasteiger partial charge in [0.05, 0.1) is 11.0 Å². The first-order valence-corrected chi connectivity index (χ1v) is 7.87. The number of H-pyrrole nitrogens is 1. The molecule has 0 bridgehead atoms. The molecule has 118 valence electrons. The summed E-state index contributed by atoms with van der Waals surface area (Å²) in [5, 5.41) is 9.12. The van der Waals surface area contributed by atoms with Crippen molar-refractivity contribution in [3.63, 3.8) is 0 Å². The minimum atomic E-state index is -0.695. The smallest absolute Gasteiger partial charge is 0.303 e. The van der Waals surface area contributed by atoms with E-state index in [1.807, 2.05) is 6.07 Å². The molecular formula is C17H23N3O2. The number of likely N-dealkylation sites (tertiary alicyclic amines) is 1. The number of piperidine rings is 1. The highest BCUT2D eigenvalue weighted by Gasteiger charge is 2.30. The maximum atomic E-state index is 11.1. The average molecular weight is 301 g/mol. The first kappa shape index (κ1) is 15.0. The van der Waals surface area contributed by atoms with Crippen LogP contribution in [0.5, 0.6) is 0 Å². The van der Waals surface area contributed by atoms with E-state index in [0.717, 1.165) is 42.8 Å². The molecule has 2 heterocycles. The van der Waals surface area contributed by atoms with Gasteiger partial charge in [0.25, 0.3) is 0 Å². The number of nitrogens with zero attached hydrogens (tertiary/aromatic N) is 2. The number of hydrogen-bond acceptors (Lipinski definition) is 3. The third kappa shape index (κ3) is 3.30. The van der Waals surface area contributed by atoms with Crippen molar-refractivity contribution in [2.75, 3.05) is 20.1 Å². The molecule has 0 unspecified atom stereocenters. The van der Waals surface area contributed by atoms with E-state index < -0.39 is 5.97 Å². The van der Waals surface area contributed by atoms with E-state index >= 15 is 0 Å². The normalized spacial score (nSPS) is 23.0. The van der Waals surface area contributed by atoms with Crippen LogP contribution in [0, 0.1) is 18.8 Å². The van der Waals surface area contributed by atoms with Crippen molar-refractivity contribution in [2.24, 2.45) is 11.8 Å². The number of aryl methyl sites for hydroxylation is 1. The molecule has 2 atom stereocenters. The maximum Gasteiger partial charge on any atom is 0.303 e. The van der Waals surface area contributed by atoms with Crippen molar-refractivity contribution >= 4 is 17.0 Å². The predicted octanol–water partition coefficient (Wildman–Crippen LogP) is 2.46. The van der Waals surface area contributed by atoms with Crippen LogP contribution in [0.1, 0.15) is 24.2 Å². The number of carboxylic acids is 1. The highest BCUT2D eigenvalue weighted by atomic mass is 16.4. The largest absolute Gasteiger partial charge is 0.481 e. The molecule has 22 heavy (non-hydrogen) atoms. The zero-order valence-corrected chi connectivity index (χ0v) is 13.2. The predicted molar refractivity (Wildman–Crippen MR) is 85.9 cm³/mol. The number of fused-ring (bicyclic) bond motifs is 1. The Labute approximate surface area is 130 Å². The summed E-state index contributed by atoms with van der Waals surface area (Å²) in [5.74, 6) is 0.858. The number of aromatic nitrogens is 2. The van der Waals surface area contributed by atoms with Crippen LogP contribution in [0.15, 0.2) is 18.2 Å². The number of carbonyl (C=O) groups is 1. The summed E-state index contributed by atoms with van der Waals surface area (Å²) in [4.78, 5) is 21.4. The number of benzene rings is 1. The zero-order chi connectivity index (χ0) is 15.7. The summed E-state index contributed by atoms with van der Waals surface area (Å²) in [7, 11) is 2.10. The summed E-state index contributed by atoms with van der Waals surface area (Å²) in [6.07, 6.45) is 2.03. The van der Waals surface area contributed by atoms with Gasteiger partial charge < -0.3 is 15.0 Å². The van der Waals surface area contributed by atoms with Gasteiger partial charge >= 0.3 is 5.97 Å². The van der Waals surface area contributed by atoms with Gasteiger partial charge in [-0.25, -0.2) is 4.98 Å². The van der Waals surface area contributed by atoms with E-state index in [-0.39, 0.29) is 12.3 Å². The molecule has 1 aromatic heterocycles. The van der Waals surface area contributed by atoms with E-state index in [2.05, 4.69) is 41.0 Å². The molecule has 0 spiro atoms. The second kappa shape index (κ2) is 6.08. The third-order valence-electron chi connectivity index (χ3n) is 4.67. The SMILES string of the molecule is Cc1ccc2nc(C[C@H]3CN(C)CC[C@H]3CC(=O)O)[nH]c2c1. The molecule has 2 N–H and O–H groups in total. The minimum Gasteiger partial charge on any atom is -0.481 e. The second-order valence-corrected chi connectivity index (χ2v) is 6.58. The Morgan fingerprint density at radius 2 is 2.27 bits per heavy atom. The molecule has 2 aromatic rings. The highest BCUT2D eigenvalue weighted by Crippen LogP contribution is 2.29.